The SMILES string of the molecule is CCC(C)NC(=NC)NCCCc1cccc(Br)c1. The molecule has 0 fully saturated rings. The molecular formula is C15H24BrN3. The van der Waals surface area contributed by atoms with Crippen LogP contribution < -0.4 is 10.6 Å². The largest absolute Gasteiger partial charge is 0.356 e. The molecular weight excluding hydrogens is 302 g/mol. The van der Waals surface area contributed by atoms with Crippen LogP contribution in [-0.4, -0.2) is 25.6 Å². The lowest BCUT2D eigenvalue weighted by molar-refractivity contribution is 0.620. The Kier molecular flexibility index (Phi) is 7.56. The third-order valence-electron chi connectivity index (χ3n) is 3.04. The molecule has 0 bridgehead atoms. The van der Waals surface area contributed by atoms with Gasteiger partial charge in [-0.25, -0.2) is 0 Å². The van der Waals surface area contributed by atoms with E-state index < -0.39 is 0 Å². The Labute approximate surface area is 125 Å². The van der Waals surface area contributed by atoms with Crippen molar-refractivity contribution in [3.8, 4) is 0 Å². The van der Waals surface area contributed by atoms with Crippen LogP contribution in [0.15, 0.2) is 33.7 Å². The maximum atomic E-state index is 4.22. The summed E-state index contributed by atoms with van der Waals surface area (Å²) in [4.78, 5) is 4.22. The first-order chi connectivity index (χ1) is 9.15. The number of nitrogens with one attached hydrogen (secondary N) is 2. The van der Waals surface area contributed by atoms with Gasteiger partial charge in [-0.3, -0.25) is 4.99 Å². The van der Waals surface area contributed by atoms with Crippen molar-refractivity contribution >= 4 is 21.9 Å². The molecule has 3 nitrogen and oxygen atoms in total. The van der Waals surface area contributed by atoms with E-state index in [1.165, 1.54) is 5.56 Å². The molecule has 0 spiro atoms. The first-order valence-electron chi connectivity index (χ1n) is 6.87. The Morgan fingerprint density at radius 2 is 2.21 bits per heavy atom. The third-order valence-corrected chi connectivity index (χ3v) is 3.54. The normalized spacial score (nSPS) is 13.2. The van der Waals surface area contributed by atoms with E-state index in [1.54, 1.807) is 0 Å². The molecule has 106 valence electrons. The van der Waals surface area contributed by atoms with Gasteiger partial charge in [0, 0.05) is 24.1 Å². The van der Waals surface area contributed by atoms with E-state index in [9.17, 15) is 0 Å². The van der Waals surface area contributed by atoms with Crippen molar-refractivity contribution in [2.24, 2.45) is 4.99 Å². The Hall–Kier alpha value is -1.03. The van der Waals surface area contributed by atoms with Crippen LogP contribution in [0.25, 0.3) is 0 Å². The number of rotatable bonds is 6. The Bertz CT molecular complexity index is 404. The number of aliphatic imine (C=N–C) groups is 1. The molecule has 2 N–H and O–H groups in total. The van der Waals surface area contributed by atoms with Crippen molar-refractivity contribution in [3.05, 3.63) is 34.3 Å². The van der Waals surface area contributed by atoms with E-state index in [2.05, 4.69) is 69.7 Å². The van der Waals surface area contributed by atoms with Gasteiger partial charge in [-0.15, -0.1) is 0 Å². The molecule has 19 heavy (non-hydrogen) atoms. The smallest absolute Gasteiger partial charge is 0.191 e. The highest BCUT2D eigenvalue weighted by Crippen LogP contribution is 2.12. The van der Waals surface area contributed by atoms with Gasteiger partial charge in [-0.2, -0.15) is 0 Å². The minimum absolute atomic E-state index is 0.455. The number of hydrogen-bond donors (Lipinski definition) is 2. The fourth-order valence-electron chi connectivity index (χ4n) is 1.72. The van der Waals surface area contributed by atoms with Crippen LogP contribution in [0.2, 0.25) is 0 Å². The first kappa shape index (κ1) is 16.0. The molecule has 0 aliphatic carbocycles. The van der Waals surface area contributed by atoms with E-state index >= 15 is 0 Å². The summed E-state index contributed by atoms with van der Waals surface area (Å²) in [7, 11) is 1.81. The first-order valence-corrected chi connectivity index (χ1v) is 7.66. The minimum Gasteiger partial charge on any atom is -0.356 e. The maximum absolute atomic E-state index is 4.22. The average molecular weight is 326 g/mol. The van der Waals surface area contributed by atoms with Crippen LogP contribution in [0.3, 0.4) is 0 Å². The van der Waals surface area contributed by atoms with Gasteiger partial charge in [0.2, 0.25) is 0 Å². The van der Waals surface area contributed by atoms with Gasteiger partial charge in [0.25, 0.3) is 0 Å². The lowest BCUT2D eigenvalue weighted by Crippen LogP contribution is -2.42. The molecule has 1 aromatic carbocycles. The number of benzene rings is 1. The van der Waals surface area contributed by atoms with Gasteiger partial charge in [-0.05, 0) is 43.9 Å². The molecule has 0 aliphatic rings. The van der Waals surface area contributed by atoms with Crippen molar-refractivity contribution in [1.82, 2.24) is 10.6 Å². The number of halogens is 1. The van der Waals surface area contributed by atoms with Gasteiger partial charge >= 0.3 is 0 Å². The second-order valence-electron chi connectivity index (χ2n) is 4.69. The van der Waals surface area contributed by atoms with Crippen LogP contribution in [-0.2, 0) is 6.42 Å². The molecule has 0 radical (unpaired) electrons. The second-order valence-corrected chi connectivity index (χ2v) is 5.60. The molecule has 0 aromatic heterocycles. The lowest BCUT2D eigenvalue weighted by Gasteiger charge is -2.16. The van der Waals surface area contributed by atoms with Gasteiger partial charge in [0.05, 0.1) is 0 Å². The number of hydrogen-bond acceptors (Lipinski definition) is 1. The average Bonchev–Trinajstić information content (AvgIpc) is 2.42. The monoisotopic (exact) mass is 325 g/mol. The minimum atomic E-state index is 0.455. The van der Waals surface area contributed by atoms with E-state index in [1.807, 2.05) is 7.05 Å². The summed E-state index contributed by atoms with van der Waals surface area (Å²) < 4.78 is 1.15. The van der Waals surface area contributed by atoms with Crippen LogP contribution in [0.1, 0.15) is 32.3 Å². The summed E-state index contributed by atoms with van der Waals surface area (Å²) in [6.45, 7) is 5.26. The van der Waals surface area contributed by atoms with Crippen molar-refractivity contribution in [2.45, 2.75) is 39.2 Å². The molecule has 0 heterocycles. The van der Waals surface area contributed by atoms with Gasteiger partial charge in [-0.1, -0.05) is 35.0 Å². The molecule has 4 heteroatoms. The third kappa shape index (κ3) is 6.62. The van der Waals surface area contributed by atoms with Gasteiger partial charge < -0.3 is 10.6 Å². The summed E-state index contributed by atoms with van der Waals surface area (Å²) in [5.74, 6) is 0.892. The zero-order valence-corrected chi connectivity index (χ0v) is 13.6. The highest BCUT2D eigenvalue weighted by atomic mass is 79.9. The fourth-order valence-corrected chi connectivity index (χ4v) is 2.17. The van der Waals surface area contributed by atoms with E-state index in [0.717, 1.165) is 36.2 Å². The van der Waals surface area contributed by atoms with E-state index in [-0.39, 0.29) is 0 Å². The summed E-state index contributed by atoms with van der Waals surface area (Å²) in [5, 5.41) is 6.70. The topological polar surface area (TPSA) is 36.4 Å². The second kappa shape index (κ2) is 8.97. The molecule has 1 unspecified atom stereocenters. The zero-order valence-electron chi connectivity index (χ0n) is 12.0. The Morgan fingerprint density at radius 1 is 1.42 bits per heavy atom. The standard InChI is InChI=1S/C15H24BrN3/c1-4-12(2)19-15(17-3)18-10-6-8-13-7-5-9-14(16)11-13/h5,7,9,11-12H,4,6,8,10H2,1-3H3,(H2,17,18,19). The van der Waals surface area contributed by atoms with Crippen LogP contribution in [0.5, 0.6) is 0 Å². The summed E-state index contributed by atoms with van der Waals surface area (Å²) in [6.07, 6.45) is 3.27. The number of aryl methyl sites for hydroxylation is 1. The molecule has 0 saturated heterocycles. The van der Waals surface area contributed by atoms with E-state index in [4.69, 9.17) is 0 Å². The molecule has 1 atom stereocenters. The van der Waals surface area contributed by atoms with Gasteiger partial charge in [0.15, 0.2) is 5.96 Å². The molecule has 1 rings (SSSR count). The molecule has 1 aromatic rings. The highest BCUT2D eigenvalue weighted by Gasteiger charge is 2.02. The maximum Gasteiger partial charge on any atom is 0.191 e. The molecule has 0 amide bonds. The quantitative estimate of drug-likeness (QED) is 0.478. The van der Waals surface area contributed by atoms with Crippen LogP contribution in [0.4, 0.5) is 0 Å². The van der Waals surface area contributed by atoms with Gasteiger partial charge in [0.1, 0.15) is 0 Å². The van der Waals surface area contributed by atoms with Crippen molar-refractivity contribution in [1.29, 1.82) is 0 Å². The van der Waals surface area contributed by atoms with Crippen molar-refractivity contribution in [2.75, 3.05) is 13.6 Å². The van der Waals surface area contributed by atoms with Crippen molar-refractivity contribution in [3.63, 3.8) is 0 Å². The Balaban J connectivity index is 2.26. The van der Waals surface area contributed by atoms with Crippen molar-refractivity contribution < 1.29 is 0 Å². The number of nitrogens with zero attached hydrogens (tertiary/aromatic N) is 1. The summed E-state index contributed by atoms with van der Waals surface area (Å²) in [6, 6.07) is 8.93. The summed E-state index contributed by atoms with van der Waals surface area (Å²) >= 11 is 3.50. The summed E-state index contributed by atoms with van der Waals surface area (Å²) in [5.41, 5.74) is 1.36. The molecule has 0 aliphatic heterocycles. The predicted octanol–water partition coefficient (Wildman–Crippen LogP) is 3.35. The number of guanidine groups is 1. The highest BCUT2D eigenvalue weighted by molar-refractivity contribution is 9.10. The fraction of sp³-hybridized carbons (Fsp3) is 0.533. The predicted molar refractivity (Wildman–Crippen MR) is 86.7 cm³/mol. The zero-order chi connectivity index (χ0) is 14.1. The lowest BCUT2D eigenvalue weighted by atomic mass is 10.1. The van der Waals surface area contributed by atoms with E-state index in [0.29, 0.717) is 6.04 Å². The van der Waals surface area contributed by atoms with Crippen LogP contribution >= 0.6 is 15.9 Å². The van der Waals surface area contributed by atoms with Crippen LogP contribution in [0, 0.1) is 0 Å². The Morgan fingerprint density at radius 3 is 2.84 bits per heavy atom. The molecule has 0 saturated carbocycles.